The first-order valence-electron chi connectivity index (χ1n) is 8.52. The molecule has 1 aromatic heterocycles. The maximum absolute atomic E-state index is 12.3. The van der Waals surface area contributed by atoms with Gasteiger partial charge in [-0.15, -0.1) is 0 Å². The molecule has 6 nitrogen and oxygen atoms in total. The number of thiazole rings is 1. The van der Waals surface area contributed by atoms with Crippen molar-refractivity contribution in [2.45, 2.75) is 38.3 Å². The number of hydrogen-bond donors (Lipinski definition) is 2. The Morgan fingerprint density at radius 1 is 1.48 bits per heavy atom. The van der Waals surface area contributed by atoms with Gasteiger partial charge in [-0.05, 0) is 38.8 Å². The van der Waals surface area contributed by atoms with Crippen molar-refractivity contribution in [1.82, 2.24) is 15.2 Å². The molecule has 2 aromatic rings. The average Bonchev–Trinajstić information content (AvgIpc) is 3.24. The normalized spacial score (nSPS) is 17.6. The SMILES string of the molecule is CC(C)(CNc1nc2ccccc2s1)NCC(=O)N1CCC[C@H]1C#N. The minimum absolute atomic E-state index is 0.00267. The minimum atomic E-state index is -0.268. The molecule has 0 unspecified atom stereocenters. The number of fused-ring (bicyclic) bond motifs is 1. The van der Waals surface area contributed by atoms with Crippen LogP contribution in [0, 0.1) is 11.3 Å². The first kappa shape index (κ1) is 17.6. The molecule has 7 heteroatoms. The van der Waals surface area contributed by atoms with E-state index < -0.39 is 0 Å². The molecule has 1 atom stereocenters. The van der Waals surface area contributed by atoms with Gasteiger partial charge in [0.2, 0.25) is 5.91 Å². The molecule has 0 radical (unpaired) electrons. The summed E-state index contributed by atoms with van der Waals surface area (Å²) in [5, 5.41) is 16.6. The lowest BCUT2D eigenvalue weighted by atomic mass is 10.1. The van der Waals surface area contributed by atoms with Crippen LogP contribution < -0.4 is 10.6 Å². The van der Waals surface area contributed by atoms with Crippen LogP contribution in [-0.2, 0) is 4.79 Å². The molecule has 3 rings (SSSR count). The summed E-state index contributed by atoms with van der Waals surface area (Å²) in [5.41, 5.74) is 0.725. The number of amides is 1. The number of aromatic nitrogens is 1. The van der Waals surface area contributed by atoms with Gasteiger partial charge in [0.15, 0.2) is 5.13 Å². The Hall–Kier alpha value is -2.17. The van der Waals surface area contributed by atoms with E-state index in [1.165, 1.54) is 0 Å². The maximum Gasteiger partial charge on any atom is 0.237 e. The Labute approximate surface area is 151 Å². The van der Waals surface area contributed by atoms with E-state index in [-0.39, 0.29) is 24.0 Å². The number of likely N-dealkylation sites (tertiary alicyclic amines) is 1. The predicted octanol–water partition coefficient (Wildman–Crippen LogP) is 2.59. The van der Waals surface area contributed by atoms with Crippen molar-refractivity contribution in [3.05, 3.63) is 24.3 Å². The Morgan fingerprint density at radius 2 is 2.28 bits per heavy atom. The molecule has 1 aliphatic heterocycles. The van der Waals surface area contributed by atoms with Crippen LogP contribution in [0.4, 0.5) is 5.13 Å². The second kappa shape index (κ2) is 7.38. The topological polar surface area (TPSA) is 81.1 Å². The van der Waals surface area contributed by atoms with Crippen LogP contribution in [0.15, 0.2) is 24.3 Å². The molecule has 1 saturated heterocycles. The second-order valence-electron chi connectivity index (χ2n) is 6.95. The molecule has 132 valence electrons. The van der Waals surface area contributed by atoms with E-state index in [2.05, 4.69) is 27.8 Å². The van der Waals surface area contributed by atoms with Crippen molar-refractivity contribution in [2.75, 3.05) is 25.0 Å². The third-order valence-corrected chi connectivity index (χ3v) is 5.41. The lowest BCUT2D eigenvalue weighted by Gasteiger charge is -2.28. The molecule has 0 bridgehead atoms. The van der Waals surface area contributed by atoms with E-state index in [1.54, 1.807) is 16.2 Å². The molecule has 0 spiro atoms. The van der Waals surface area contributed by atoms with Crippen LogP contribution in [0.3, 0.4) is 0 Å². The van der Waals surface area contributed by atoms with Crippen LogP contribution >= 0.6 is 11.3 Å². The highest BCUT2D eigenvalue weighted by atomic mass is 32.1. The number of para-hydroxylation sites is 1. The van der Waals surface area contributed by atoms with Crippen LogP contribution in [0.25, 0.3) is 10.2 Å². The number of nitriles is 1. The number of carbonyl (C=O) groups is 1. The summed E-state index contributed by atoms with van der Waals surface area (Å²) in [4.78, 5) is 18.6. The quantitative estimate of drug-likeness (QED) is 0.830. The Bertz CT molecular complexity index is 761. The summed E-state index contributed by atoms with van der Waals surface area (Å²) in [6.45, 7) is 5.68. The lowest BCUT2D eigenvalue weighted by Crippen LogP contribution is -2.50. The van der Waals surface area contributed by atoms with Crippen molar-refractivity contribution in [1.29, 1.82) is 5.26 Å². The average molecular weight is 357 g/mol. The molecule has 0 aliphatic carbocycles. The van der Waals surface area contributed by atoms with Crippen LogP contribution in [0.2, 0.25) is 0 Å². The van der Waals surface area contributed by atoms with Crippen LogP contribution in [0.1, 0.15) is 26.7 Å². The monoisotopic (exact) mass is 357 g/mol. The third kappa shape index (κ3) is 4.27. The van der Waals surface area contributed by atoms with E-state index in [4.69, 9.17) is 5.26 Å². The number of carbonyl (C=O) groups excluding carboxylic acids is 1. The van der Waals surface area contributed by atoms with Crippen molar-refractivity contribution in [3.63, 3.8) is 0 Å². The molecular weight excluding hydrogens is 334 g/mol. The smallest absolute Gasteiger partial charge is 0.237 e. The Morgan fingerprint density at radius 3 is 3.04 bits per heavy atom. The second-order valence-corrected chi connectivity index (χ2v) is 7.98. The number of anilines is 1. The van der Waals surface area contributed by atoms with Crippen molar-refractivity contribution in [2.24, 2.45) is 0 Å². The molecule has 1 fully saturated rings. The maximum atomic E-state index is 12.3. The number of nitrogens with zero attached hydrogens (tertiary/aromatic N) is 3. The van der Waals surface area contributed by atoms with Gasteiger partial charge < -0.3 is 15.5 Å². The zero-order valence-electron chi connectivity index (χ0n) is 14.6. The van der Waals surface area contributed by atoms with E-state index >= 15 is 0 Å². The number of rotatable bonds is 6. The van der Waals surface area contributed by atoms with Gasteiger partial charge in [0, 0.05) is 18.6 Å². The third-order valence-electron chi connectivity index (χ3n) is 4.42. The fraction of sp³-hybridized carbons (Fsp3) is 0.500. The summed E-state index contributed by atoms with van der Waals surface area (Å²) in [5.74, 6) is -0.00267. The number of nitrogens with one attached hydrogen (secondary N) is 2. The van der Waals surface area contributed by atoms with Gasteiger partial charge >= 0.3 is 0 Å². The standard InChI is InChI=1S/C18H23N5OS/c1-18(2,21-11-16(24)23-9-5-6-13(23)10-19)12-20-17-22-14-7-3-4-8-15(14)25-17/h3-4,7-8,13,21H,5-6,9,11-12H2,1-2H3,(H,20,22)/t13-/m0/s1. The molecule has 0 saturated carbocycles. The minimum Gasteiger partial charge on any atom is -0.360 e. The highest BCUT2D eigenvalue weighted by molar-refractivity contribution is 7.22. The predicted molar refractivity (Wildman–Crippen MR) is 101 cm³/mol. The lowest BCUT2D eigenvalue weighted by molar-refractivity contribution is -0.130. The summed E-state index contributed by atoms with van der Waals surface area (Å²) in [6.07, 6.45) is 1.69. The van der Waals surface area contributed by atoms with Crippen molar-refractivity contribution >= 4 is 32.6 Å². The van der Waals surface area contributed by atoms with Gasteiger partial charge in [-0.25, -0.2) is 4.98 Å². The van der Waals surface area contributed by atoms with Crippen molar-refractivity contribution in [3.8, 4) is 6.07 Å². The van der Waals surface area contributed by atoms with E-state index in [0.29, 0.717) is 13.1 Å². The highest BCUT2D eigenvalue weighted by Gasteiger charge is 2.29. The number of benzene rings is 1. The first-order chi connectivity index (χ1) is 12.0. The summed E-state index contributed by atoms with van der Waals surface area (Å²) in [7, 11) is 0. The first-order valence-corrected chi connectivity index (χ1v) is 9.34. The molecule has 2 heterocycles. The summed E-state index contributed by atoms with van der Waals surface area (Å²) < 4.78 is 1.16. The van der Waals surface area contributed by atoms with Gasteiger partial charge in [-0.1, -0.05) is 23.5 Å². The Kier molecular flexibility index (Phi) is 5.21. The van der Waals surface area contributed by atoms with Crippen LogP contribution in [0.5, 0.6) is 0 Å². The molecule has 25 heavy (non-hydrogen) atoms. The molecule has 1 aromatic carbocycles. The van der Waals surface area contributed by atoms with E-state index in [9.17, 15) is 4.79 Å². The van der Waals surface area contributed by atoms with Crippen molar-refractivity contribution < 1.29 is 4.79 Å². The summed E-state index contributed by atoms with van der Waals surface area (Å²) in [6, 6.07) is 9.99. The molecular formula is C18H23N5OS. The number of hydrogen-bond acceptors (Lipinski definition) is 6. The zero-order valence-corrected chi connectivity index (χ0v) is 15.4. The fourth-order valence-corrected chi connectivity index (χ4v) is 3.78. The van der Waals surface area contributed by atoms with E-state index in [0.717, 1.165) is 28.2 Å². The molecule has 1 aliphatic rings. The highest BCUT2D eigenvalue weighted by Crippen LogP contribution is 2.25. The van der Waals surface area contributed by atoms with Gasteiger partial charge in [-0.2, -0.15) is 5.26 Å². The Balaban J connectivity index is 1.51. The van der Waals surface area contributed by atoms with Crippen LogP contribution in [-0.4, -0.2) is 47.0 Å². The van der Waals surface area contributed by atoms with E-state index in [1.807, 2.05) is 32.0 Å². The molecule has 2 N–H and O–H groups in total. The fourth-order valence-electron chi connectivity index (χ4n) is 2.92. The summed E-state index contributed by atoms with van der Waals surface area (Å²) >= 11 is 1.62. The van der Waals surface area contributed by atoms with Gasteiger partial charge in [0.05, 0.1) is 22.8 Å². The largest absolute Gasteiger partial charge is 0.360 e. The molecule has 1 amide bonds. The van der Waals surface area contributed by atoms with Gasteiger partial charge in [0.25, 0.3) is 0 Å². The zero-order chi connectivity index (χ0) is 17.9. The van der Waals surface area contributed by atoms with Gasteiger partial charge in [0.1, 0.15) is 6.04 Å². The van der Waals surface area contributed by atoms with Gasteiger partial charge in [-0.3, -0.25) is 4.79 Å².